The van der Waals surface area contributed by atoms with Crippen molar-refractivity contribution in [2.75, 3.05) is 68.7 Å². The number of allylic oxidation sites excluding steroid dienone is 1. The fourth-order valence-electron chi connectivity index (χ4n) is 11.9. The number of unbranched alkanes of at least 4 members (excludes halogenated alkanes) is 1. The number of carbonyl (C=O) groups is 12. The molecule has 0 aromatic carbocycles. The lowest BCUT2D eigenvalue weighted by molar-refractivity contribution is -0.158. The number of likely N-dealkylation sites (N-methyl/N-ethyl adjacent to an activating group) is 7. The van der Waals surface area contributed by atoms with E-state index in [1.165, 1.54) is 82.7 Å². The Labute approximate surface area is 572 Å². The molecule has 1 saturated heterocycles. The van der Waals surface area contributed by atoms with Gasteiger partial charge in [-0.05, 0) is 103 Å². The molecular formula is C69H121N11O16. The topological polar surface area (TPSA) is 324 Å². The molecular weight excluding hydrogens is 1240 g/mol. The molecule has 1 aliphatic rings. The summed E-state index contributed by atoms with van der Waals surface area (Å²) in [7, 11) is 8.31. The van der Waals surface area contributed by atoms with Crippen molar-refractivity contribution in [2.45, 2.75) is 242 Å². The molecule has 14 atom stereocenters. The first-order valence-electron chi connectivity index (χ1n) is 34.0. The van der Waals surface area contributed by atoms with E-state index in [9.17, 15) is 29.1 Å². The lowest BCUT2D eigenvalue weighted by atomic mass is 9.93. The van der Waals surface area contributed by atoms with Crippen LogP contribution in [0.2, 0.25) is 0 Å². The minimum absolute atomic E-state index is 0.0196. The second-order valence-corrected chi connectivity index (χ2v) is 27.5. The molecule has 0 saturated carbocycles. The number of esters is 1. The monoisotopic (exact) mass is 1360 g/mol. The Hall–Kier alpha value is -7.16. The van der Waals surface area contributed by atoms with Gasteiger partial charge in [0.2, 0.25) is 65.0 Å². The maximum atomic E-state index is 15.4. The molecule has 11 amide bonds. The van der Waals surface area contributed by atoms with Gasteiger partial charge in [0.1, 0.15) is 73.1 Å². The molecule has 1 fully saturated rings. The summed E-state index contributed by atoms with van der Waals surface area (Å²) in [5.41, 5.74) is 0. The van der Waals surface area contributed by atoms with E-state index < -0.39 is 174 Å². The van der Waals surface area contributed by atoms with Gasteiger partial charge in [0.25, 0.3) is 0 Å². The predicted octanol–water partition coefficient (Wildman–Crippen LogP) is 3.50. The zero-order chi connectivity index (χ0) is 74.1. The van der Waals surface area contributed by atoms with Gasteiger partial charge in [0.05, 0.1) is 25.1 Å². The van der Waals surface area contributed by atoms with E-state index in [0.29, 0.717) is 12.8 Å². The van der Waals surface area contributed by atoms with Crippen LogP contribution in [0, 0.1) is 35.5 Å². The molecule has 5 N–H and O–H groups in total. The SMILES string of the molecule is C=COC[C@@H]1C(=O)N(C)C([C@@H](C)OCCCCOC(C)=O)C(=O)N[C@@H](C(C)C)C(=O)N(C)[C@@H](CC(C)C)C(=O)N[C@@H](C)C(=O)N[C@H](C)C(=O)N(C)[C@@H](CC(C)C)C(=O)N(C)[C@@H](CC(C)C)C(=O)N(C)[C@@H](C(C)C)C(=O)N(C)[C@@H]([C@H](O)[C@H](C)/C=C/C)C(=O)N[C@@H](CC)C(=O)N1CC. The summed E-state index contributed by atoms with van der Waals surface area (Å²) in [6.07, 6.45) is 2.62. The van der Waals surface area contributed by atoms with Crippen LogP contribution in [0.15, 0.2) is 25.0 Å². The first-order chi connectivity index (χ1) is 44.6. The Balaban J connectivity index is 4.59. The second kappa shape index (κ2) is 41.2. The summed E-state index contributed by atoms with van der Waals surface area (Å²) in [6.45, 7) is 33.1. The molecule has 27 nitrogen and oxygen atoms in total. The van der Waals surface area contributed by atoms with Gasteiger partial charge in [-0.3, -0.25) is 57.5 Å². The largest absolute Gasteiger partial charge is 0.499 e. The highest BCUT2D eigenvalue weighted by atomic mass is 16.5. The summed E-state index contributed by atoms with van der Waals surface area (Å²) in [4.78, 5) is 184. The molecule has 548 valence electrons. The highest BCUT2D eigenvalue weighted by Crippen LogP contribution is 2.26. The normalized spacial score (nSPS) is 26.1. The number of ether oxygens (including phenoxy) is 3. The van der Waals surface area contributed by atoms with Crippen LogP contribution in [0.1, 0.15) is 163 Å². The van der Waals surface area contributed by atoms with Gasteiger partial charge >= 0.3 is 5.97 Å². The van der Waals surface area contributed by atoms with E-state index in [1.54, 1.807) is 74.5 Å². The quantitative estimate of drug-likeness (QED) is 0.0423. The molecule has 1 heterocycles. The van der Waals surface area contributed by atoms with Gasteiger partial charge in [0, 0.05) is 68.3 Å². The minimum Gasteiger partial charge on any atom is -0.499 e. The Morgan fingerprint density at radius 2 is 0.990 bits per heavy atom. The van der Waals surface area contributed by atoms with Crippen LogP contribution < -0.4 is 21.3 Å². The Morgan fingerprint density at radius 1 is 0.531 bits per heavy atom. The van der Waals surface area contributed by atoms with E-state index in [2.05, 4.69) is 27.8 Å². The van der Waals surface area contributed by atoms with Crippen LogP contribution in [-0.2, 0) is 71.7 Å². The summed E-state index contributed by atoms with van der Waals surface area (Å²) in [5, 5.41) is 23.2. The van der Waals surface area contributed by atoms with Crippen LogP contribution in [0.4, 0.5) is 0 Å². The third-order valence-corrected chi connectivity index (χ3v) is 17.5. The third-order valence-electron chi connectivity index (χ3n) is 17.5. The van der Waals surface area contributed by atoms with Crippen LogP contribution in [-0.4, -0.2) is 258 Å². The Kier molecular flexibility index (Phi) is 37.2. The number of hydrogen-bond donors (Lipinski definition) is 5. The number of aliphatic hydroxyl groups excluding tert-OH is 1. The average molecular weight is 1360 g/mol. The summed E-state index contributed by atoms with van der Waals surface area (Å²) < 4.78 is 17.0. The fraction of sp³-hybridized carbons (Fsp3) is 0.768. The van der Waals surface area contributed by atoms with Gasteiger partial charge in [-0.15, -0.1) is 0 Å². The van der Waals surface area contributed by atoms with Crippen LogP contribution in [0.25, 0.3) is 0 Å². The Morgan fingerprint density at radius 3 is 1.47 bits per heavy atom. The van der Waals surface area contributed by atoms with Gasteiger partial charge in [0.15, 0.2) is 0 Å². The van der Waals surface area contributed by atoms with Crippen molar-refractivity contribution in [2.24, 2.45) is 35.5 Å². The number of nitrogens with one attached hydrogen (secondary N) is 4. The van der Waals surface area contributed by atoms with Crippen molar-refractivity contribution in [1.29, 1.82) is 0 Å². The number of nitrogens with zero attached hydrogens (tertiary/aromatic N) is 7. The van der Waals surface area contributed by atoms with Crippen LogP contribution >= 0.6 is 0 Å². The lowest BCUT2D eigenvalue weighted by Gasteiger charge is -2.41. The summed E-state index contributed by atoms with van der Waals surface area (Å²) in [6, 6.07) is -15.0. The second-order valence-electron chi connectivity index (χ2n) is 27.5. The molecule has 0 aromatic rings. The van der Waals surface area contributed by atoms with Crippen molar-refractivity contribution in [3.63, 3.8) is 0 Å². The van der Waals surface area contributed by atoms with Crippen molar-refractivity contribution in [1.82, 2.24) is 55.6 Å². The van der Waals surface area contributed by atoms with Crippen LogP contribution in [0.3, 0.4) is 0 Å². The molecule has 0 aromatic heterocycles. The van der Waals surface area contributed by atoms with Gasteiger partial charge in [-0.2, -0.15) is 0 Å². The van der Waals surface area contributed by atoms with E-state index >= 15 is 33.6 Å². The van der Waals surface area contributed by atoms with Crippen molar-refractivity contribution in [3.8, 4) is 0 Å². The number of hydrogen-bond acceptors (Lipinski definition) is 16. The first-order valence-corrected chi connectivity index (χ1v) is 34.0. The van der Waals surface area contributed by atoms with Crippen molar-refractivity contribution in [3.05, 3.63) is 25.0 Å². The molecule has 96 heavy (non-hydrogen) atoms. The van der Waals surface area contributed by atoms with E-state index in [0.717, 1.165) is 21.0 Å². The van der Waals surface area contributed by atoms with Gasteiger partial charge < -0.3 is 74.9 Å². The van der Waals surface area contributed by atoms with E-state index in [1.807, 2.05) is 41.5 Å². The standard InChI is InChI=1S/C69H121N11O16/c1-26-32-44(15)58(82)57-62(86)72-49(27-2)64(88)80(28-3)53(38-94-29-4)67(91)78(24)56(47(18)95-33-30-31-34-96-48(19)81)61(85)73-54(42(11)12)68(92)74(20)50(35-39(5)6)60(84)70-45(16)59(83)71-46(17)63(87)75(21)51(36-40(7)8)65(89)76(22)52(37-41(9)10)66(90)77(23)55(43(13)14)69(93)79(57)25/h26,29,32,39-47,49-58,82H,4,27-28,30-31,33-38H2,1-3,5-25H3,(H,70,84)(H,71,83)(H,72,86)(H,73,85)/b32-26+/t44-,45+,46-,47-,49+,50+,51+,52+,53-,54+,55+,56?,57+,58-/m1/s1. The molecule has 0 spiro atoms. The van der Waals surface area contributed by atoms with Gasteiger partial charge in [-0.25, -0.2) is 0 Å². The minimum atomic E-state index is -1.71. The fourth-order valence-corrected chi connectivity index (χ4v) is 11.9. The molecule has 1 aliphatic heterocycles. The molecule has 0 bridgehead atoms. The Bertz CT molecular complexity index is 2650. The lowest BCUT2D eigenvalue weighted by Crippen LogP contribution is -2.65. The smallest absolute Gasteiger partial charge is 0.302 e. The predicted molar refractivity (Wildman–Crippen MR) is 365 cm³/mol. The van der Waals surface area contributed by atoms with Crippen LogP contribution in [0.5, 0.6) is 0 Å². The zero-order valence-electron chi connectivity index (χ0n) is 62.2. The number of amides is 11. The molecule has 0 aliphatic carbocycles. The zero-order valence-corrected chi connectivity index (χ0v) is 62.2. The molecule has 1 unspecified atom stereocenters. The number of rotatable bonds is 23. The van der Waals surface area contributed by atoms with Crippen molar-refractivity contribution < 1.29 is 76.9 Å². The molecule has 0 radical (unpaired) electrons. The molecule has 1 rings (SSSR count). The summed E-state index contributed by atoms with van der Waals surface area (Å²) in [5.74, 6) is -11.4. The van der Waals surface area contributed by atoms with Crippen molar-refractivity contribution >= 4 is 70.9 Å². The average Bonchev–Trinajstić information content (AvgIpc) is 0.809. The third kappa shape index (κ3) is 24.7. The highest BCUT2D eigenvalue weighted by Gasteiger charge is 2.47. The number of aliphatic hydroxyl groups is 1. The van der Waals surface area contributed by atoms with Gasteiger partial charge in [-0.1, -0.05) is 102 Å². The maximum absolute atomic E-state index is 15.4. The highest BCUT2D eigenvalue weighted by molar-refractivity contribution is 6.00. The van der Waals surface area contributed by atoms with E-state index in [-0.39, 0.29) is 63.2 Å². The molecule has 27 heteroatoms. The first kappa shape index (κ1) is 86.9. The summed E-state index contributed by atoms with van der Waals surface area (Å²) >= 11 is 0. The van der Waals surface area contributed by atoms with E-state index in [4.69, 9.17) is 14.2 Å². The number of carbonyl (C=O) groups excluding carboxylic acids is 12. The maximum Gasteiger partial charge on any atom is 0.302 e.